The molecular formula is C14H11Br2N. The van der Waals surface area contributed by atoms with Crippen molar-refractivity contribution in [3.63, 3.8) is 0 Å². The van der Waals surface area contributed by atoms with Crippen molar-refractivity contribution in [1.82, 2.24) is 4.57 Å². The van der Waals surface area contributed by atoms with Crippen LogP contribution in [0.4, 0.5) is 0 Å². The Hall–Kier alpha value is -0.800. The van der Waals surface area contributed by atoms with Gasteiger partial charge in [-0.05, 0) is 25.1 Å². The number of nitrogens with zero attached hydrogens (tertiary/aromatic N) is 1. The summed E-state index contributed by atoms with van der Waals surface area (Å²) in [5, 5.41) is 2.61. The summed E-state index contributed by atoms with van der Waals surface area (Å²) in [5.74, 6) is 0. The van der Waals surface area contributed by atoms with Crippen LogP contribution < -0.4 is 0 Å². The quantitative estimate of drug-likeness (QED) is 0.557. The summed E-state index contributed by atoms with van der Waals surface area (Å²) in [5.41, 5.74) is 2.57. The van der Waals surface area contributed by atoms with E-state index in [1.165, 1.54) is 21.8 Å². The summed E-state index contributed by atoms with van der Waals surface area (Å²) < 4.78 is 4.60. The van der Waals surface area contributed by atoms with Crippen LogP contribution in [0.1, 0.15) is 6.92 Å². The molecule has 0 spiro atoms. The van der Waals surface area contributed by atoms with E-state index in [2.05, 4.69) is 79.7 Å². The average molecular weight is 353 g/mol. The molecule has 0 aliphatic carbocycles. The van der Waals surface area contributed by atoms with Crippen LogP contribution in [0.5, 0.6) is 0 Å². The van der Waals surface area contributed by atoms with Gasteiger partial charge in [0.15, 0.2) is 0 Å². The van der Waals surface area contributed by atoms with Crippen molar-refractivity contribution in [2.24, 2.45) is 0 Å². The largest absolute Gasteiger partial charge is 0.341 e. The minimum Gasteiger partial charge on any atom is -0.341 e. The van der Waals surface area contributed by atoms with Crippen LogP contribution in [0, 0.1) is 0 Å². The Balaban J connectivity index is 2.63. The number of para-hydroxylation sites is 1. The van der Waals surface area contributed by atoms with Crippen molar-refractivity contribution in [3.8, 4) is 0 Å². The molecule has 1 heterocycles. The summed E-state index contributed by atoms with van der Waals surface area (Å²) in [7, 11) is 0. The third-order valence-electron chi connectivity index (χ3n) is 3.11. The van der Waals surface area contributed by atoms with Gasteiger partial charge in [-0.15, -0.1) is 0 Å². The maximum atomic E-state index is 3.67. The first-order chi connectivity index (χ1) is 8.22. The van der Waals surface area contributed by atoms with Crippen LogP contribution in [0.15, 0.2) is 45.3 Å². The number of aryl methyl sites for hydroxylation is 1. The van der Waals surface area contributed by atoms with Crippen LogP contribution in [0.3, 0.4) is 0 Å². The minimum absolute atomic E-state index is 0.979. The van der Waals surface area contributed by atoms with Crippen molar-refractivity contribution in [3.05, 3.63) is 45.3 Å². The molecule has 0 saturated carbocycles. The number of hydrogen-bond acceptors (Lipinski definition) is 0. The molecule has 3 heteroatoms. The predicted molar refractivity (Wildman–Crippen MR) is 80.5 cm³/mol. The van der Waals surface area contributed by atoms with Gasteiger partial charge in [-0.3, -0.25) is 0 Å². The normalized spacial score (nSPS) is 11.5. The highest BCUT2D eigenvalue weighted by molar-refractivity contribution is 9.11. The summed E-state index contributed by atoms with van der Waals surface area (Å²) >= 11 is 7.23. The summed E-state index contributed by atoms with van der Waals surface area (Å²) in [6.45, 7) is 3.16. The van der Waals surface area contributed by atoms with Crippen molar-refractivity contribution in [2.45, 2.75) is 13.5 Å². The second-order valence-corrected chi connectivity index (χ2v) is 5.81. The molecule has 3 rings (SSSR count). The molecule has 0 N–H and O–H groups in total. The smallest absolute Gasteiger partial charge is 0.0514 e. The van der Waals surface area contributed by atoms with E-state index < -0.39 is 0 Å². The Morgan fingerprint density at radius 2 is 1.82 bits per heavy atom. The molecule has 0 unspecified atom stereocenters. The molecular weight excluding hydrogens is 342 g/mol. The number of hydrogen-bond donors (Lipinski definition) is 0. The molecule has 0 bridgehead atoms. The maximum Gasteiger partial charge on any atom is 0.0514 e. The number of benzene rings is 2. The van der Waals surface area contributed by atoms with Gasteiger partial charge in [0.25, 0.3) is 0 Å². The zero-order valence-corrected chi connectivity index (χ0v) is 12.5. The second-order valence-electron chi connectivity index (χ2n) is 4.04. The predicted octanol–water partition coefficient (Wildman–Crippen LogP) is 5.34. The number of rotatable bonds is 1. The van der Waals surface area contributed by atoms with Gasteiger partial charge < -0.3 is 4.57 Å². The summed E-state index contributed by atoms with van der Waals surface area (Å²) in [4.78, 5) is 0. The van der Waals surface area contributed by atoms with Crippen molar-refractivity contribution in [1.29, 1.82) is 0 Å². The fourth-order valence-corrected chi connectivity index (χ4v) is 3.85. The van der Waals surface area contributed by atoms with Crippen LogP contribution in [-0.4, -0.2) is 4.57 Å². The SMILES string of the molecule is CCn1c2ccccc2c2c(Br)cc(Br)cc21. The molecule has 3 aromatic rings. The fourth-order valence-electron chi connectivity index (χ4n) is 2.43. The van der Waals surface area contributed by atoms with Gasteiger partial charge in [0.2, 0.25) is 0 Å². The Bertz CT molecular complexity index is 713. The Morgan fingerprint density at radius 1 is 1.06 bits per heavy atom. The van der Waals surface area contributed by atoms with E-state index in [0.717, 1.165) is 15.5 Å². The lowest BCUT2D eigenvalue weighted by Crippen LogP contribution is -1.92. The number of fused-ring (bicyclic) bond motifs is 3. The fraction of sp³-hybridized carbons (Fsp3) is 0.143. The van der Waals surface area contributed by atoms with E-state index in [0.29, 0.717) is 0 Å². The van der Waals surface area contributed by atoms with Gasteiger partial charge in [-0.2, -0.15) is 0 Å². The highest BCUT2D eigenvalue weighted by atomic mass is 79.9. The Kier molecular flexibility index (Phi) is 2.75. The lowest BCUT2D eigenvalue weighted by atomic mass is 10.2. The molecule has 2 aromatic carbocycles. The molecule has 0 radical (unpaired) electrons. The van der Waals surface area contributed by atoms with Gasteiger partial charge in [0, 0.05) is 31.8 Å². The van der Waals surface area contributed by atoms with Crippen molar-refractivity contribution < 1.29 is 0 Å². The number of aromatic nitrogens is 1. The van der Waals surface area contributed by atoms with Gasteiger partial charge in [-0.1, -0.05) is 50.1 Å². The van der Waals surface area contributed by atoms with Gasteiger partial charge in [0.1, 0.15) is 0 Å². The van der Waals surface area contributed by atoms with E-state index >= 15 is 0 Å². The standard InChI is InChI=1S/C14H11Br2N/c1-2-17-12-6-4-3-5-10(12)14-11(16)7-9(15)8-13(14)17/h3-8H,2H2,1H3. The first-order valence-electron chi connectivity index (χ1n) is 5.58. The molecule has 0 fully saturated rings. The first kappa shape index (κ1) is 11.3. The molecule has 0 aliphatic rings. The third-order valence-corrected chi connectivity index (χ3v) is 4.19. The zero-order chi connectivity index (χ0) is 12.0. The topological polar surface area (TPSA) is 4.93 Å². The van der Waals surface area contributed by atoms with E-state index in [9.17, 15) is 0 Å². The van der Waals surface area contributed by atoms with E-state index in [4.69, 9.17) is 0 Å². The zero-order valence-electron chi connectivity index (χ0n) is 9.37. The molecule has 1 aromatic heterocycles. The minimum atomic E-state index is 0.979. The average Bonchev–Trinajstić information content (AvgIpc) is 2.62. The highest BCUT2D eigenvalue weighted by Gasteiger charge is 2.12. The van der Waals surface area contributed by atoms with Gasteiger partial charge >= 0.3 is 0 Å². The first-order valence-corrected chi connectivity index (χ1v) is 7.17. The lowest BCUT2D eigenvalue weighted by molar-refractivity contribution is 0.827. The second kappa shape index (κ2) is 4.14. The van der Waals surface area contributed by atoms with Crippen molar-refractivity contribution >= 4 is 53.7 Å². The Morgan fingerprint density at radius 3 is 2.59 bits per heavy atom. The summed E-state index contributed by atoms with van der Waals surface area (Å²) in [6.07, 6.45) is 0. The summed E-state index contributed by atoms with van der Waals surface area (Å²) in [6, 6.07) is 12.8. The third kappa shape index (κ3) is 1.64. The van der Waals surface area contributed by atoms with Gasteiger partial charge in [0.05, 0.1) is 5.52 Å². The molecule has 0 atom stereocenters. The van der Waals surface area contributed by atoms with E-state index in [-0.39, 0.29) is 0 Å². The van der Waals surface area contributed by atoms with Crippen LogP contribution in [0.2, 0.25) is 0 Å². The number of halogens is 2. The monoisotopic (exact) mass is 351 g/mol. The van der Waals surface area contributed by atoms with Crippen LogP contribution in [-0.2, 0) is 6.54 Å². The van der Waals surface area contributed by atoms with Crippen LogP contribution >= 0.6 is 31.9 Å². The van der Waals surface area contributed by atoms with E-state index in [1.807, 2.05) is 0 Å². The van der Waals surface area contributed by atoms with Crippen LogP contribution in [0.25, 0.3) is 21.8 Å². The van der Waals surface area contributed by atoms with Gasteiger partial charge in [-0.25, -0.2) is 0 Å². The molecule has 0 saturated heterocycles. The molecule has 86 valence electrons. The maximum absolute atomic E-state index is 3.67. The lowest BCUT2D eigenvalue weighted by Gasteiger charge is -2.03. The molecule has 1 nitrogen and oxygen atoms in total. The molecule has 17 heavy (non-hydrogen) atoms. The molecule has 0 aliphatic heterocycles. The highest BCUT2D eigenvalue weighted by Crippen LogP contribution is 2.36. The van der Waals surface area contributed by atoms with E-state index in [1.54, 1.807) is 0 Å². The molecule has 0 amide bonds. The Labute approximate surface area is 117 Å². The van der Waals surface area contributed by atoms with Crippen molar-refractivity contribution in [2.75, 3.05) is 0 Å².